The van der Waals surface area contributed by atoms with Crippen LogP contribution in [0.5, 0.6) is 5.75 Å². The summed E-state index contributed by atoms with van der Waals surface area (Å²) in [5, 5.41) is 3.79. The van der Waals surface area contributed by atoms with Crippen LogP contribution >= 0.6 is 0 Å². The number of para-hydroxylation sites is 1. The van der Waals surface area contributed by atoms with E-state index in [1.54, 1.807) is 4.90 Å². The number of aromatic nitrogens is 1. The summed E-state index contributed by atoms with van der Waals surface area (Å²) in [4.78, 5) is 16.8. The number of carbonyl (C=O) groups is 1. The normalized spacial score (nSPS) is 20.2. The molecular weight excluding hydrogens is 344 g/mol. The van der Waals surface area contributed by atoms with Gasteiger partial charge in [-0.1, -0.05) is 11.2 Å². The van der Waals surface area contributed by atoms with Gasteiger partial charge >= 0.3 is 0 Å². The summed E-state index contributed by atoms with van der Waals surface area (Å²) in [5.41, 5.74) is 0.184. The molecule has 0 saturated carbocycles. The van der Waals surface area contributed by atoms with Crippen molar-refractivity contribution in [3.8, 4) is 5.75 Å². The van der Waals surface area contributed by atoms with Crippen molar-refractivity contribution in [2.75, 3.05) is 26.2 Å². The van der Waals surface area contributed by atoms with Gasteiger partial charge < -0.3 is 14.2 Å². The zero-order valence-corrected chi connectivity index (χ0v) is 14.2. The average molecular weight is 363 g/mol. The maximum absolute atomic E-state index is 13.6. The van der Waals surface area contributed by atoms with Crippen LogP contribution in [0, 0.1) is 11.6 Å². The molecule has 1 aromatic carbocycles. The quantitative estimate of drug-likeness (QED) is 0.835. The molecule has 8 heteroatoms. The Bertz CT molecular complexity index is 790. The third-order valence-corrected chi connectivity index (χ3v) is 4.93. The van der Waals surface area contributed by atoms with Crippen LogP contribution < -0.4 is 4.74 Å². The Kier molecular flexibility index (Phi) is 4.58. The van der Waals surface area contributed by atoms with E-state index in [0.29, 0.717) is 19.1 Å². The second kappa shape index (κ2) is 7.03. The minimum Gasteiger partial charge on any atom is -0.479 e. The number of halogens is 2. The summed E-state index contributed by atoms with van der Waals surface area (Å²) in [6.07, 6.45) is 2.28. The molecule has 2 aliphatic heterocycles. The zero-order valence-electron chi connectivity index (χ0n) is 14.2. The molecule has 2 saturated heterocycles. The molecule has 1 amide bonds. The highest BCUT2D eigenvalue weighted by Gasteiger charge is 2.33. The van der Waals surface area contributed by atoms with Crippen LogP contribution in [0.4, 0.5) is 8.78 Å². The maximum Gasteiger partial charge on any atom is 0.276 e. The summed E-state index contributed by atoms with van der Waals surface area (Å²) in [5.74, 6) is -2.03. The smallest absolute Gasteiger partial charge is 0.276 e. The van der Waals surface area contributed by atoms with Gasteiger partial charge in [0, 0.05) is 31.7 Å². The maximum atomic E-state index is 13.6. The van der Waals surface area contributed by atoms with Gasteiger partial charge in [-0.15, -0.1) is 0 Å². The number of rotatable bonds is 4. The third-order valence-electron chi connectivity index (χ3n) is 4.93. The summed E-state index contributed by atoms with van der Waals surface area (Å²) in [6.45, 7) is 3.11. The van der Waals surface area contributed by atoms with Crippen LogP contribution in [0.1, 0.15) is 29.1 Å². The Labute approximate surface area is 149 Å². The van der Waals surface area contributed by atoms with E-state index >= 15 is 0 Å². The topological polar surface area (TPSA) is 58.8 Å². The molecule has 0 aliphatic carbocycles. The lowest BCUT2D eigenvalue weighted by Crippen LogP contribution is -2.52. The SMILES string of the molecule is O=C(c1cc(COc2c(F)cccc2F)on1)N1CCN2CCC[C@H]2C1. The van der Waals surface area contributed by atoms with Gasteiger partial charge in [-0.3, -0.25) is 9.69 Å². The molecule has 6 nitrogen and oxygen atoms in total. The first-order chi connectivity index (χ1) is 12.6. The third kappa shape index (κ3) is 3.29. The monoisotopic (exact) mass is 363 g/mol. The van der Waals surface area contributed by atoms with E-state index < -0.39 is 17.4 Å². The molecule has 0 unspecified atom stereocenters. The molecule has 0 N–H and O–H groups in total. The van der Waals surface area contributed by atoms with Gasteiger partial charge in [0.15, 0.2) is 28.8 Å². The molecule has 1 atom stereocenters. The predicted octanol–water partition coefficient (Wildman–Crippen LogP) is 2.45. The molecule has 26 heavy (non-hydrogen) atoms. The second-order valence-corrected chi connectivity index (χ2v) is 6.60. The van der Waals surface area contributed by atoms with Gasteiger partial charge in [0.2, 0.25) is 0 Å². The highest BCUT2D eigenvalue weighted by Crippen LogP contribution is 2.24. The van der Waals surface area contributed by atoms with Gasteiger partial charge in [-0.25, -0.2) is 8.78 Å². The highest BCUT2D eigenvalue weighted by molar-refractivity contribution is 5.92. The van der Waals surface area contributed by atoms with Crippen LogP contribution in [0.15, 0.2) is 28.8 Å². The van der Waals surface area contributed by atoms with Crippen molar-refractivity contribution in [3.05, 3.63) is 47.4 Å². The summed E-state index contributed by atoms with van der Waals surface area (Å²) >= 11 is 0. The molecule has 0 radical (unpaired) electrons. The van der Waals surface area contributed by atoms with Gasteiger partial charge in [0.1, 0.15) is 6.61 Å². The molecule has 3 heterocycles. The highest BCUT2D eigenvalue weighted by atomic mass is 19.1. The molecule has 4 rings (SSSR count). The number of benzene rings is 1. The van der Waals surface area contributed by atoms with E-state index in [2.05, 4.69) is 10.1 Å². The first-order valence-electron chi connectivity index (χ1n) is 8.67. The second-order valence-electron chi connectivity index (χ2n) is 6.60. The summed E-state index contributed by atoms with van der Waals surface area (Å²) in [7, 11) is 0. The van der Waals surface area contributed by atoms with Crippen LogP contribution in [0.25, 0.3) is 0 Å². The van der Waals surface area contributed by atoms with Gasteiger partial charge in [0.05, 0.1) is 0 Å². The van der Waals surface area contributed by atoms with E-state index in [4.69, 9.17) is 9.26 Å². The number of hydrogen-bond donors (Lipinski definition) is 0. The van der Waals surface area contributed by atoms with Crippen molar-refractivity contribution in [2.24, 2.45) is 0 Å². The molecule has 138 valence electrons. The Morgan fingerprint density at radius 3 is 2.88 bits per heavy atom. The first-order valence-corrected chi connectivity index (χ1v) is 8.67. The number of nitrogens with zero attached hydrogens (tertiary/aromatic N) is 3. The molecule has 0 bridgehead atoms. The fourth-order valence-electron chi connectivity index (χ4n) is 3.58. The minimum atomic E-state index is -0.796. The number of piperazine rings is 1. The summed E-state index contributed by atoms with van der Waals surface area (Å²) in [6, 6.07) is 5.35. The van der Waals surface area contributed by atoms with Crippen LogP contribution in [0.2, 0.25) is 0 Å². The zero-order chi connectivity index (χ0) is 18.1. The summed E-state index contributed by atoms with van der Waals surface area (Å²) < 4.78 is 37.3. The Morgan fingerprint density at radius 1 is 1.27 bits per heavy atom. The largest absolute Gasteiger partial charge is 0.479 e. The fourth-order valence-corrected chi connectivity index (χ4v) is 3.58. The predicted molar refractivity (Wildman–Crippen MR) is 87.7 cm³/mol. The van der Waals surface area contributed by atoms with E-state index in [9.17, 15) is 13.6 Å². The fraction of sp³-hybridized carbons (Fsp3) is 0.444. The molecule has 2 aliphatic rings. The molecule has 1 aromatic heterocycles. The van der Waals surface area contributed by atoms with E-state index in [1.165, 1.54) is 18.6 Å². The molecule has 2 fully saturated rings. The lowest BCUT2D eigenvalue weighted by Gasteiger charge is -2.37. The molecule has 2 aromatic rings. The van der Waals surface area contributed by atoms with Crippen molar-refractivity contribution < 1.29 is 22.8 Å². The first kappa shape index (κ1) is 17.0. The van der Waals surface area contributed by atoms with Crippen molar-refractivity contribution in [1.29, 1.82) is 0 Å². The van der Waals surface area contributed by atoms with E-state index in [0.717, 1.165) is 31.6 Å². The Morgan fingerprint density at radius 2 is 2.08 bits per heavy atom. The molecule has 0 spiro atoms. The van der Waals surface area contributed by atoms with Crippen LogP contribution in [0.3, 0.4) is 0 Å². The standard InChI is InChI=1S/C18H19F2N3O3/c19-14-4-1-5-15(20)17(14)25-11-13-9-16(21-26-13)18(24)23-8-7-22-6-2-3-12(22)10-23/h1,4-5,9,12H,2-3,6-8,10-11H2/t12-/m0/s1. The Balaban J connectivity index is 1.39. The molecular formula is C18H19F2N3O3. The van der Waals surface area contributed by atoms with Crippen LogP contribution in [-0.4, -0.2) is 53.1 Å². The van der Waals surface area contributed by atoms with Crippen molar-refractivity contribution in [2.45, 2.75) is 25.5 Å². The van der Waals surface area contributed by atoms with Gasteiger partial charge in [0.25, 0.3) is 5.91 Å². The minimum absolute atomic E-state index is 0.184. The van der Waals surface area contributed by atoms with Gasteiger partial charge in [-0.2, -0.15) is 0 Å². The average Bonchev–Trinajstić information content (AvgIpc) is 3.29. The number of fused-ring (bicyclic) bond motifs is 1. The van der Waals surface area contributed by atoms with Gasteiger partial charge in [-0.05, 0) is 31.5 Å². The number of hydrogen-bond acceptors (Lipinski definition) is 5. The van der Waals surface area contributed by atoms with Crippen molar-refractivity contribution >= 4 is 5.91 Å². The lowest BCUT2D eigenvalue weighted by atomic mass is 10.1. The van der Waals surface area contributed by atoms with E-state index in [-0.39, 0.29) is 24.0 Å². The van der Waals surface area contributed by atoms with Crippen molar-refractivity contribution in [1.82, 2.24) is 15.0 Å². The van der Waals surface area contributed by atoms with Crippen molar-refractivity contribution in [3.63, 3.8) is 0 Å². The Hall–Kier alpha value is -2.48. The lowest BCUT2D eigenvalue weighted by molar-refractivity contribution is 0.0561. The van der Waals surface area contributed by atoms with Crippen LogP contribution in [-0.2, 0) is 6.61 Å². The number of carbonyl (C=O) groups excluding carboxylic acids is 1. The number of ether oxygens (including phenoxy) is 1. The number of amides is 1. The van der Waals surface area contributed by atoms with E-state index in [1.807, 2.05) is 0 Å².